The van der Waals surface area contributed by atoms with Gasteiger partial charge in [0.2, 0.25) is 0 Å². The molecular weight excluding hydrogens is 340 g/mol. The topological polar surface area (TPSA) is 86.0 Å². The molecule has 0 fully saturated rings. The van der Waals surface area contributed by atoms with E-state index in [1.165, 1.54) is 0 Å². The predicted molar refractivity (Wildman–Crippen MR) is 108 cm³/mol. The molecule has 6 heteroatoms. The van der Waals surface area contributed by atoms with Gasteiger partial charge in [0.25, 0.3) is 5.91 Å². The van der Waals surface area contributed by atoms with E-state index in [9.17, 15) is 9.59 Å². The van der Waals surface area contributed by atoms with Crippen LogP contribution in [0.15, 0.2) is 48.5 Å². The molecule has 0 saturated carbocycles. The number of anilines is 1. The number of H-pyrrole nitrogens is 1. The fraction of sp³-hybridized carbons (Fsp3) is 0.238. The zero-order valence-corrected chi connectivity index (χ0v) is 15.7. The van der Waals surface area contributed by atoms with Gasteiger partial charge in [-0.2, -0.15) is 0 Å². The first-order chi connectivity index (χ1) is 12.9. The van der Waals surface area contributed by atoms with Crippen molar-refractivity contribution >= 4 is 28.5 Å². The van der Waals surface area contributed by atoms with Crippen molar-refractivity contribution in [2.45, 2.75) is 33.4 Å². The number of urea groups is 1. The van der Waals surface area contributed by atoms with Gasteiger partial charge in [0.15, 0.2) is 0 Å². The molecular formula is C21H24N4O2. The Morgan fingerprint density at radius 3 is 2.48 bits per heavy atom. The second kappa shape index (κ2) is 7.95. The number of fused-ring (bicyclic) bond motifs is 1. The molecule has 0 bridgehead atoms. The molecule has 0 radical (unpaired) electrons. The molecule has 6 nitrogen and oxygen atoms in total. The maximum absolute atomic E-state index is 12.4. The lowest BCUT2D eigenvalue weighted by Gasteiger charge is -2.10. The average Bonchev–Trinajstić information content (AvgIpc) is 3.03. The average molecular weight is 364 g/mol. The maximum atomic E-state index is 12.4. The van der Waals surface area contributed by atoms with Crippen molar-refractivity contribution in [3.05, 3.63) is 65.4 Å². The van der Waals surface area contributed by atoms with E-state index in [2.05, 4.69) is 20.9 Å². The Morgan fingerprint density at radius 1 is 1.04 bits per heavy atom. The molecule has 3 rings (SSSR count). The van der Waals surface area contributed by atoms with E-state index < -0.39 is 0 Å². The summed E-state index contributed by atoms with van der Waals surface area (Å²) in [6.45, 7) is 6.23. The zero-order valence-electron chi connectivity index (χ0n) is 15.7. The van der Waals surface area contributed by atoms with Crippen molar-refractivity contribution in [3.8, 4) is 0 Å². The van der Waals surface area contributed by atoms with E-state index in [1.807, 2.05) is 69.3 Å². The van der Waals surface area contributed by atoms with E-state index >= 15 is 0 Å². The standard InChI is InChI=1S/C21H24N4O2/c1-13(2)23-21(27)24-17-8-5-15(6-9-17)12-22-20(26)19-11-16-7-4-14(3)10-18(16)25-19/h4-11,13,25H,12H2,1-3H3,(H,22,26)(H2,23,24,27). The Hall–Kier alpha value is -3.28. The zero-order chi connectivity index (χ0) is 19.4. The van der Waals surface area contributed by atoms with E-state index in [1.54, 1.807) is 0 Å². The summed E-state index contributed by atoms with van der Waals surface area (Å²) in [5.74, 6) is -0.151. The van der Waals surface area contributed by atoms with Crippen molar-refractivity contribution < 1.29 is 9.59 Å². The monoisotopic (exact) mass is 364 g/mol. The van der Waals surface area contributed by atoms with Crippen LogP contribution in [0.3, 0.4) is 0 Å². The smallest absolute Gasteiger partial charge is 0.319 e. The molecule has 4 N–H and O–H groups in total. The lowest BCUT2D eigenvalue weighted by molar-refractivity contribution is 0.0946. The molecule has 3 aromatic rings. The van der Waals surface area contributed by atoms with E-state index in [0.29, 0.717) is 17.9 Å². The Kier molecular flexibility index (Phi) is 5.45. The first-order valence-corrected chi connectivity index (χ1v) is 8.95. The summed E-state index contributed by atoms with van der Waals surface area (Å²) in [5, 5.41) is 9.46. The summed E-state index contributed by atoms with van der Waals surface area (Å²) in [6, 6.07) is 15.1. The van der Waals surface area contributed by atoms with Gasteiger partial charge in [0.05, 0.1) is 0 Å². The first-order valence-electron chi connectivity index (χ1n) is 8.95. The number of aromatic amines is 1. The molecule has 1 aromatic heterocycles. The highest BCUT2D eigenvalue weighted by molar-refractivity contribution is 5.98. The molecule has 140 valence electrons. The lowest BCUT2D eigenvalue weighted by Crippen LogP contribution is -2.34. The van der Waals surface area contributed by atoms with E-state index in [4.69, 9.17) is 0 Å². The van der Waals surface area contributed by atoms with Gasteiger partial charge in [-0.3, -0.25) is 4.79 Å². The van der Waals surface area contributed by atoms with Gasteiger partial charge in [-0.05, 0) is 56.2 Å². The highest BCUT2D eigenvalue weighted by Gasteiger charge is 2.09. The number of hydrogen-bond acceptors (Lipinski definition) is 2. The Bertz CT molecular complexity index is 958. The molecule has 0 saturated heterocycles. The fourth-order valence-electron chi connectivity index (χ4n) is 2.78. The molecule has 27 heavy (non-hydrogen) atoms. The van der Waals surface area contributed by atoms with Crippen molar-refractivity contribution in [2.75, 3.05) is 5.32 Å². The second-order valence-corrected chi connectivity index (χ2v) is 6.91. The van der Waals surface area contributed by atoms with Crippen LogP contribution in [0.25, 0.3) is 10.9 Å². The van der Waals surface area contributed by atoms with Crippen LogP contribution in [0.1, 0.15) is 35.5 Å². The second-order valence-electron chi connectivity index (χ2n) is 6.91. The molecule has 1 heterocycles. The van der Waals surface area contributed by atoms with Gasteiger partial charge in [-0.25, -0.2) is 4.79 Å². The van der Waals surface area contributed by atoms with Crippen LogP contribution in [0.2, 0.25) is 0 Å². The van der Waals surface area contributed by atoms with Crippen LogP contribution in [-0.4, -0.2) is 23.0 Å². The minimum atomic E-state index is -0.236. The van der Waals surface area contributed by atoms with E-state index in [-0.39, 0.29) is 18.0 Å². The van der Waals surface area contributed by atoms with Gasteiger partial charge in [0, 0.05) is 29.2 Å². The third-order valence-electron chi connectivity index (χ3n) is 4.11. The summed E-state index contributed by atoms with van der Waals surface area (Å²) in [5.41, 5.74) is 4.29. The number of aryl methyl sites for hydroxylation is 1. The van der Waals surface area contributed by atoms with E-state index in [0.717, 1.165) is 22.0 Å². The fourth-order valence-corrected chi connectivity index (χ4v) is 2.78. The molecule has 0 aliphatic carbocycles. The molecule has 0 unspecified atom stereocenters. The molecule has 0 aliphatic heterocycles. The Balaban J connectivity index is 1.57. The quantitative estimate of drug-likeness (QED) is 0.553. The van der Waals surface area contributed by atoms with Gasteiger partial charge < -0.3 is 20.9 Å². The van der Waals surface area contributed by atoms with Gasteiger partial charge in [0.1, 0.15) is 5.69 Å². The Morgan fingerprint density at radius 2 is 1.78 bits per heavy atom. The van der Waals surface area contributed by atoms with Crippen molar-refractivity contribution in [3.63, 3.8) is 0 Å². The van der Waals surface area contributed by atoms with Crippen molar-refractivity contribution in [1.29, 1.82) is 0 Å². The van der Waals surface area contributed by atoms with Crippen LogP contribution in [-0.2, 0) is 6.54 Å². The number of amides is 3. The Labute approximate surface area is 158 Å². The first kappa shape index (κ1) is 18.5. The van der Waals surface area contributed by atoms with Crippen LogP contribution >= 0.6 is 0 Å². The van der Waals surface area contributed by atoms with Crippen LogP contribution in [0.4, 0.5) is 10.5 Å². The van der Waals surface area contributed by atoms with Gasteiger partial charge in [-0.1, -0.05) is 24.3 Å². The lowest BCUT2D eigenvalue weighted by atomic mass is 10.2. The summed E-state index contributed by atoms with van der Waals surface area (Å²) in [6.07, 6.45) is 0. The van der Waals surface area contributed by atoms with Gasteiger partial charge in [-0.15, -0.1) is 0 Å². The summed E-state index contributed by atoms with van der Waals surface area (Å²) < 4.78 is 0. The number of aromatic nitrogens is 1. The van der Waals surface area contributed by atoms with Crippen LogP contribution in [0, 0.1) is 6.92 Å². The minimum absolute atomic E-state index is 0.0769. The highest BCUT2D eigenvalue weighted by atomic mass is 16.2. The highest BCUT2D eigenvalue weighted by Crippen LogP contribution is 2.17. The molecule has 3 amide bonds. The number of benzene rings is 2. The third kappa shape index (κ3) is 4.88. The number of carbonyl (C=O) groups excluding carboxylic acids is 2. The number of rotatable bonds is 5. The minimum Gasteiger partial charge on any atom is -0.351 e. The number of nitrogens with one attached hydrogen (secondary N) is 4. The van der Waals surface area contributed by atoms with Crippen molar-refractivity contribution in [1.82, 2.24) is 15.6 Å². The van der Waals surface area contributed by atoms with Crippen molar-refractivity contribution in [2.24, 2.45) is 0 Å². The van der Waals surface area contributed by atoms with Crippen LogP contribution in [0.5, 0.6) is 0 Å². The summed E-state index contributed by atoms with van der Waals surface area (Å²) in [7, 11) is 0. The summed E-state index contributed by atoms with van der Waals surface area (Å²) >= 11 is 0. The normalized spacial score (nSPS) is 10.8. The SMILES string of the molecule is Cc1ccc2cc(C(=O)NCc3ccc(NC(=O)NC(C)C)cc3)[nH]c2c1. The molecule has 0 spiro atoms. The number of carbonyl (C=O) groups is 2. The molecule has 0 aliphatic rings. The molecule has 2 aromatic carbocycles. The van der Waals surface area contributed by atoms with Crippen LogP contribution < -0.4 is 16.0 Å². The number of hydrogen-bond donors (Lipinski definition) is 4. The molecule has 0 atom stereocenters. The maximum Gasteiger partial charge on any atom is 0.319 e. The third-order valence-corrected chi connectivity index (χ3v) is 4.11. The largest absolute Gasteiger partial charge is 0.351 e. The van der Waals surface area contributed by atoms with Gasteiger partial charge >= 0.3 is 6.03 Å². The summed E-state index contributed by atoms with van der Waals surface area (Å²) in [4.78, 5) is 27.2. The predicted octanol–water partition coefficient (Wildman–Crippen LogP) is 3.94.